The summed E-state index contributed by atoms with van der Waals surface area (Å²) in [4.78, 5) is 13.6. The Balaban J connectivity index is 2.64. The lowest BCUT2D eigenvalue weighted by molar-refractivity contribution is -0.141. The molecular formula is C11H21NO2. The Kier molecular flexibility index (Phi) is 3.20. The number of rotatable bonds is 1. The van der Waals surface area contributed by atoms with Crippen molar-refractivity contribution in [1.82, 2.24) is 4.90 Å². The van der Waals surface area contributed by atoms with Crippen LogP contribution in [0.3, 0.4) is 0 Å². The van der Waals surface area contributed by atoms with E-state index < -0.39 is 0 Å². The van der Waals surface area contributed by atoms with Gasteiger partial charge in [-0.1, -0.05) is 27.7 Å². The van der Waals surface area contributed by atoms with E-state index in [1.165, 1.54) is 0 Å². The van der Waals surface area contributed by atoms with Gasteiger partial charge in [-0.15, -0.1) is 0 Å². The van der Waals surface area contributed by atoms with Crippen LogP contribution in [0.2, 0.25) is 0 Å². The fraction of sp³-hybridized carbons (Fsp3) is 0.909. The van der Waals surface area contributed by atoms with E-state index in [0.29, 0.717) is 19.5 Å². The van der Waals surface area contributed by atoms with E-state index in [0.717, 1.165) is 0 Å². The summed E-state index contributed by atoms with van der Waals surface area (Å²) in [7, 11) is 0. The van der Waals surface area contributed by atoms with Gasteiger partial charge in [0.05, 0.1) is 6.10 Å². The molecule has 1 rings (SSSR count). The average Bonchev–Trinajstić information content (AvgIpc) is 2.08. The van der Waals surface area contributed by atoms with Gasteiger partial charge in [-0.2, -0.15) is 0 Å². The number of nitrogens with zero attached hydrogens (tertiary/aromatic N) is 1. The molecule has 0 radical (unpaired) electrons. The number of hydrogen-bond acceptors (Lipinski definition) is 2. The third-order valence-corrected chi connectivity index (χ3v) is 2.98. The van der Waals surface area contributed by atoms with E-state index >= 15 is 0 Å². The number of aliphatic hydroxyl groups excluding tert-OH is 1. The summed E-state index contributed by atoms with van der Waals surface area (Å²) in [5.41, 5.74) is -0.164. The minimum atomic E-state index is -0.279. The molecule has 0 spiro atoms. The van der Waals surface area contributed by atoms with Gasteiger partial charge in [0.1, 0.15) is 0 Å². The van der Waals surface area contributed by atoms with Crippen LogP contribution in [0.25, 0.3) is 0 Å². The van der Waals surface area contributed by atoms with Crippen molar-refractivity contribution in [3.8, 4) is 0 Å². The van der Waals surface area contributed by atoms with Crippen molar-refractivity contribution in [2.45, 2.75) is 40.2 Å². The summed E-state index contributed by atoms with van der Waals surface area (Å²) >= 11 is 0. The van der Waals surface area contributed by atoms with Crippen molar-refractivity contribution in [3.05, 3.63) is 0 Å². The number of carbonyl (C=O) groups is 1. The molecule has 1 N–H and O–H groups in total. The van der Waals surface area contributed by atoms with E-state index in [1.54, 1.807) is 0 Å². The first-order valence-corrected chi connectivity index (χ1v) is 5.31. The minimum absolute atomic E-state index is 0.0565. The lowest BCUT2D eigenvalue weighted by Gasteiger charge is -2.42. The van der Waals surface area contributed by atoms with Gasteiger partial charge in [-0.05, 0) is 6.42 Å². The molecular weight excluding hydrogens is 178 g/mol. The second kappa shape index (κ2) is 3.89. The molecule has 1 atom stereocenters. The Morgan fingerprint density at radius 2 is 2.07 bits per heavy atom. The standard InChI is InChI=1S/C11H21NO2/c1-8(2)10(14)12-6-5-9(13)11(3,4)7-12/h8-9,13H,5-7H2,1-4H3. The molecule has 0 aliphatic carbocycles. The van der Waals surface area contributed by atoms with Crippen LogP contribution in [-0.4, -0.2) is 35.1 Å². The van der Waals surface area contributed by atoms with Crippen molar-refractivity contribution in [2.24, 2.45) is 11.3 Å². The van der Waals surface area contributed by atoms with Gasteiger partial charge in [0.25, 0.3) is 0 Å². The van der Waals surface area contributed by atoms with Crippen LogP contribution in [0.5, 0.6) is 0 Å². The molecule has 1 aliphatic heterocycles. The summed E-state index contributed by atoms with van der Waals surface area (Å²) < 4.78 is 0. The van der Waals surface area contributed by atoms with Crippen LogP contribution < -0.4 is 0 Å². The molecule has 0 saturated carbocycles. The van der Waals surface area contributed by atoms with Crippen molar-refractivity contribution in [3.63, 3.8) is 0 Å². The Bertz CT molecular complexity index is 223. The van der Waals surface area contributed by atoms with Gasteiger partial charge in [0.15, 0.2) is 0 Å². The second-order valence-electron chi connectivity index (χ2n) is 5.21. The van der Waals surface area contributed by atoms with Crippen LogP contribution in [0.1, 0.15) is 34.1 Å². The highest BCUT2D eigenvalue weighted by atomic mass is 16.3. The molecule has 1 heterocycles. The van der Waals surface area contributed by atoms with Crippen molar-refractivity contribution < 1.29 is 9.90 Å². The molecule has 1 amide bonds. The molecule has 0 aromatic rings. The van der Waals surface area contributed by atoms with Crippen LogP contribution in [0, 0.1) is 11.3 Å². The predicted octanol–water partition coefficient (Wildman–Crippen LogP) is 1.26. The molecule has 0 aromatic heterocycles. The molecule has 1 saturated heterocycles. The number of likely N-dealkylation sites (tertiary alicyclic amines) is 1. The minimum Gasteiger partial charge on any atom is -0.392 e. The SMILES string of the molecule is CC(C)C(=O)N1CCC(O)C(C)(C)C1. The number of hydrogen-bond donors (Lipinski definition) is 1. The van der Waals surface area contributed by atoms with E-state index in [4.69, 9.17) is 0 Å². The maximum absolute atomic E-state index is 11.7. The zero-order chi connectivity index (χ0) is 10.9. The lowest BCUT2D eigenvalue weighted by Crippen LogP contribution is -2.51. The number of piperidine rings is 1. The van der Waals surface area contributed by atoms with Gasteiger partial charge in [0, 0.05) is 24.4 Å². The lowest BCUT2D eigenvalue weighted by atomic mass is 9.81. The van der Waals surface area contributed by atoms with Gasteiger partial charge in [-0.3, -0.25) is 4.79 Å². The summed E-state index contributed by atoms with van der Waals surface area (Å²) in [6, 6.07) is 0. The van der Waals surface area contributed by atoms with E-state index in [9.17, 15) is 9.90 Å². The highest BCUT2D eigenvalue weighted by Crippen LogP contribution is 2.29. The monoisotopic (exact) mass is 199 g/mol. The third-order valence-electron chi connectivity index (χ3n) is 2.98. The molecule has 14 heavy (non-hydrogen) atoms. The summed E-state index contributed by atoms with van der Waals surface area (Å²) in [6.07, 6.45) is 0.421. The van der Waals surface area contributed by atoms with Gasteiger partial charge in [-0.25, -0.2) is 0 Å². The summed E-state index contributed by atoms with van der Waals surface area (Å²) in [5.74, 6) is 0.256. The maximum atomic E-state index is 11.7. The number of aliphatic hydroxyl groups is 1. The predicted molar refractivity (Wildman–Crippen MR) is 55.8 cm³/mol. The van der Waals surface area contributed by atoms with Gasteiger partial charge < -0.3 is 10.0 Å². The normalized spacial score (nSPS) is 26.7. The highest BCUT2D eigenvalue weighted by Gasteiger charge is 2.36. The molecule has 1 fully saturated rings. The molecule has 3 heteroatoms. The van der Waals surface area contributed by atoms with Crippen molar-refractivity contribution in [1.29, 1.82) is 0 Å². The number of amides is 1. The largest absolute Gasteiger partial charge is 0.392 e. The molecule has 3 nitrogen and oxygen atoms in total. The maximum Gasteiger partial charge on any atom is 0.225 e. The van der Waals surface area contributed by atoms with E-state index in [-0.39, 0.29) is 23.3 Å². The van der Waals surface area contributed by atoms with Crippen LogP contribution >= 0.6 is 0 Å². The first-order chi connectivity index (χ1) is 6.34. The fourth-order valence-electron chi connectivity index (χ4n) is 1.90. The average molecular weight is 199 g/mol. The van der Waals surface area contributed by atoms with Crippen LogP contribution in [-0.2, 0) is 4.79 Å². The van der Waals surface area contributed by atoms with Crippen molar-refractivity contribution >= 4 is 5.91 Å². The second-order valence-corrected chi connectivity index (χ2v) is 5.21. The Morgan fingerprint density at radius 3 is 2.50 bits per heavy atom. The zero-order valence-corrected chi connectivity index (χ0v) is 9.58. The quantitative estimate of drug-likeness (QED) is 0.690. The first kappa shape index (κ1) is 11.5. The fourth-order valence-corrected chi connectivity index (χ4v) is 1.90. The zero-order valence-electron chi connectivity index (χ0n) is 9.58. The van der Waals surface area contributed by atoms with E-state index in [2.05, 4.69) is 0 Å². The topological polar surface area (TPSA) is 40.5 Å². The third kappa shape index (κ3) is 2.27. The summed E-state index contributed by atoms with van der Waals surface area (Å²) in [5, 5.41) is 9.74. The number of carbonyl (C=O) groups excluding carboxylic acids is 1. The molecule has 82 valence electrons. The molecule has 0 bridgehead atoms. The molecule has 1 aliphatic rings. The van der Waals surface area contributed by atoms with Gasteiger partial charge in [0.2, 0.25) is 5.91 Å². The summed E-state index contributed by atoms with van der Waals surface area (Å²) in [6.45, 7) is 9.22. The highest BCUT2D eigenvalue weighted by molar-refractivity contribution is 5.78. The van der Waals surface area contributed by atoms with E-state index in [1.807, 2.05) is 32.6 Å². The first-order valence-electron chi connectivity index (χ1n) is 5.31. The Hall–Kier alpha value is -0.570. The molecule has 0 aromatic carbocycles. The van der Waals surface area contributed by atoms with Gasteiger partial charge >= 0.3 is 0 Å². The Morgan fingerprint density at radius 1 is 1.50 bits per heavy atom. The molecule has 1 unspecified atom stereocenters. The van der Waals surface area contributed by atoms with Crippen LogP contribution in [0.4, 0.5) is 0 Å². The Labute approximate surface area is 86.1 Å². The smallest absolute Gasteiger partial charge is 0.225 e. The van der Waals surface area contributed by atoms with Crippen molar-refractivity contribution in [2.75, 3.05) is 13.1 Å². The van der Waals surface area contributed by atoms with Crippen LogP contribution in [0.15, 0.2) is 0 Å².